The van der Waals surface area contributed by atoms with Crippen molar-refractivity contribution >= 4 is 130 Å². The van der Waals surface area contributed by atoms with Crippen molar-refractivity contribution in [2.24, 2.45) is 11.5 Å². The molecule has 1 aliphatic rings. The van der Waals surface area contributed by atoms with Gasteiger partial charge >= 0.3 is 25.6 Å². The van der Waals surface area contributed by atoms with Crippen molar-refractivity contribution in [3.8, 4) is 33.8 Å². The maximum atomic E-state index is 13.7. The van der Waals surface area contributed by atoms with E-state index in [-0.39, 0.29) is 98.3 Å². The summed E-state index contributed by atoms with van der Waals surface area (Å²) in [5.41, 5.74) is 19.3. The Labute approximate surface area is 780 Å². The van der Waals surface area contributed by atoms with Gasteiger partial charge in [0.15, 0.2) is 5.78 Å². The number of likely N-dealkylation sites (N-methyl/N-ethyl adjacent to an activating group) is 2. The van der Waals surface area contributed by atoms with Crippen molar-refractivity contribution < 1.29 is 68.7 Å². The number of hydrogen-bond donors (Lipinski definition) is 10. The van der Waals surface area contributed by atoms with Gasteiger partial charge in [-0.2, -0.15) is 39.5 Å². The van der Waals surface area contributed by atoms with Crippen molar-refractivity contribution in [1.29, 1.82) is 0 Å². The van der Waals surface area contributed by atoms with Gasteiger partial charge in [-0.25, -0.2) is 19.9 Å². The minimum atomic E-state index is -4.60. The lowest BCUT2D eigenvalue weighted by molar-refractivity contribution is -0.138. The number of aromatic nitrogens is 8. The molecule has 8 heterocycles. The molecule has 1 aliphatic carbocycles. The van der Waals surface area contributed by atoms with Crippen LogP contribution in [-0.4, -0.2) is 107 Å². The van der Waals surface area contributed by atoms with E-state index < -0.39 is 60.1 Å². The number of hydrogen-bond acceptors (Lipinski definition) is 12. The van der Waals surface area contributed by atoms with E-state index in [9.17, 15) is 58.7 Å². The van der Waals surface area contributed by atoms with E-state index in [2.05, 4.69) is 134 Å². The van der Waals surface area contributed by atoms with E-state index in [1.165, 1.54) is 53.0 Å². The highest BCUT2D eigenvalue weighted by atomic mass is 127. The highest BCUT2D eigenvalue weighted by Gasteiger charge is 2.34. The van der Waals surface area contributed by atoms with Gasteiger partial charge in [0, 0.05) is 113 Å². The van der Waals surface area contributed by atoms with Crippen LogP contribution >= 0.6 is 38.5 Å². The maximum absolute atomic E-state index is 13.7. The van der Waals surface area contributed by atoms with E-state index in [4.69, 9.17) is 21.5 Å². The van der Waals surface area contributed by atoms with Crippen molar-refractivity contribution in [2.75, 3.05) is 19.0 Å². The summed E-state index contributed by atoms with van der Waals surface area (Å²) in [5, 5.41) is 28.5. The number of aryl methyl sites for hydroxylation is 1. The number of aromatic amines is 4. The summed E-state index contributed by atoms with van der Waals surface area (Å²) in [7, 11) is 2.73. The predicted octanol–water partition coefficient (Wildman–Crippen LogP) is 24.8. The molecule has 3 amide bonds. The normalized spacial score (nSPS) is 12.3. The summed E-state index contributed by atoms with van der Waals surface area (Å²) in [5.74, 6) is -2.00. The van der Waals surface area contributed by atoms with E-state index in [1.807, 2.05) is 116 Å². The molecule has 0 saturated heterocycles. The number of fused-ring (bicyclic) bond motifs is 4. The van der Waals surface area contributed by atoms with E-state index in [0.717, 1.165) is 132 Å². The molecule has 12 N–H and O–H groups in total. The van der Waals surface area contributed by atoms with Crippen molar-refractivity contribution in [2.45, 2.75) is 122 Å². The molecule has 131 heavy (non-hydrogen) atoms. The summed E-state index contributed by atoms with van der Waals surface area (Å²) < 4.78 is 119. The molecular weight excluding hydrogens is 1870 g/mol. The van der Waals surface area contributed by atoms with Crippen molar-refractivity contribution in [3.63, 3.8) is 0 Å². The molecule has 17 rings (SSSR count). The third kappa shape index (κ3) is 30.9. The number of pyridine rings is 4. The van der Waals surface area contributed by atoms with E-state index in [0.29, 0.717) is 39.1 Å². The van der Waals surface area contributed by atoms with Crippen LogP contribution in [0.4, 0.5) is 50.9 Å². The zero-order chi connectivity index (χ0) is 88.8. The van der Waals surface area contributed by atoms with Crippen molar-refractivity contribution in [3.05, 3.63) is 350 Å². The Hall–Kier alpha value is -12.9. The monoisotopic (exact) mass is 1980 g/mol. The van der Waals surface area contributed by atoms with Crippen LogP contribution in [0.3, 0.4) is 0 Å². The molecular formula is C100H109BBrF9IN13O6. The zero-order valence-electron chi connectivity index (χ0n) is 66.6. The number of nitrogens with zero attached hydrogens (tertiary/aromatic N) is 5. The Bertz CT molecular complexity index is 6200. The first-order valence-corrected chi connectivity index (χ1v) is 40.4. The SMILES string of the molecule is C.C.C.C.C.C.C.CN[C@@H]1CCCC[C@H]1NC.Cc1ccc(I)cc1.NC(=O)c1cccc(-c2ccc3[nH]ccc3c2)n1.NC(=O)c1cccc(Br)n1.O=C(Cc1ccc(C(F)(F)F)cc1)c1cccc(-c2ccc3[nH]ccc3c2)n1.O=C(c1cccc(-c2ccc3[nH]ccc3c2)n1)N(c1ccc(C(F)(F)F)cc1)c1ccc(C(F)(F)F)cc1.OB(O)c1ccc2[nH]ccc2c1. The van der Waals surface area contributed by atoms with E-state index in [1.54, 1.807) is 72.9 Å². The lowest BCUT2D eigenvalue weighted by Crippen LogP contribution is -2.47. The number of primary amides is 2. The number of nitrogens with two attached hydrogens (primary N) is 2. The van der Waals surface area contributed by atoms with E-state index >= 15 is 0 Å². The van der Waals surface area contributed by atoms with Gasteiger partial charge in [0.05, 0.1) is 33.8 Å². The van der Waals surface area contributed by atoms with Crippen LogP contribution < -0.4 is 32.5 Å². The molecule has 8 aromatic carbocycles. The quantitative estimate of drug-likeness (QED) is 0.0160. The van der Waals surface area contributed by atoms with Crippen LogP contribution in [0.15, 0.2) is 296 Å². The van der Waals surface area contributed by atoms with Gasteiger partial charge in [0.25, 0.3) is 17.7 Å². The summed E-state index contributed by atoms with van der Waals surface area (Å²) in [6, 6.07) is 72.6. The summed E-state index contributed by atoms with van der Waals surface area (Å²) in [6.07, 6.45) is -0.794. The molecule has 16 aromatic rings. The number of amides is 3. The highest BCUT2D eigenvalue weighted by molar-refractivity contribution is 14.1. The average molecular weight is 1980 g/mol. The first-order valence-electron chi connectivity index (χ1n) is 38.5. The standard InChI is InChI=1S/C28H17F6N3O.C22H15F3N2O.C14H11N3O.C8H8BNO2.C8H18N2.C7H7I.C6H5BrN2O.7CH4/c29-27(30,31)19-5-9-21(10-6-19)37(22-11-7-20(8-12-22)28(32,33)34)26(38)25-3-1-2-24(36-25)17-4-13-23-18(16-17)14-15-35-23;23-22(24,25)17-7-4-14(5-8-17)12-21(28)20-3-1-2-19(27-20)15-6-9-18-16(13-15)10-11-26-18;15-14(18)13-3-1-2-12(17-13)9-4-5-11-10(8-9)6-7-16-11;11-9(12)7-1-2-8-6(5-7)3-4-10-8;1-9-7-5-3-4-6-8(7)10-2;1-6-2-4-7(8)5-3-6;7-5-3-1-2-4(9-5)6(8)10;;;;;;;/h1-16,35H;1-11,13,26H,12H2;1-8,16H,(H2,15,18);1-5,10-12H;7-10H,3-6H2,1-2H3;2-5H,1H3;1-3H,(H2,8,10);7*1H4/t;;;;7-,8-;;;;;;;;;/m....1........./s1. The molecule has 8 aromatic heterocycles. The van der Waals surface area contributed by atoms with Gasteiger partial charge in [-0.05, 0) is 277 Å². The topological polar surface area (TPSA) is 303 Å². The Morgan fingerprint density at radius 1 is 0.435 bits per heavy atom. The van der Waals surface area contributed by atoms with Gasteiger partial charge in [-0.1, -0.05) is 149 Å². The molecule has 2 atom stereocenters. The third-order valence-corrected chi connectivity index (χ3v) is 20.8. The van der Waals surface area contributed by atoms with Gasteiger partial charge in [-0.3, -0.25) is 24.1 Å². The van der Waals surface area contributed by atoms with Crippen LogP contribution in [0.5, 0.6) is 0 Å². The minimum absolute atomic E-state index is 0. The summed E-state index contributed by atoms with van der Waals surface area (Å²) >= 11 is 5.41. The molecule has 690 valence electrons. The molecule has 1 fully saturated rings. The Morgan fingerprint density at radius 2 is 0.771 bits per heavy atom. The second-order valence-corrected chi connectivity index (χ2v) is 30.3. The number of ketones is 1. The lowest BCUT2D eigenvalue weighted by Gasteiger charge is -2.30. The van der Waals surface area contributed by atoms with Gasteiger partial charge in [0.2, 0.25) is 0 Å². The second-order valence-electron chi connectivity index (χ2n) is 28.2. The number of rotatable bonds is 14. The number of Topliss-reactive ketones (excluding diaryl/α,β-unsaturated/α-hetero) is 1. The Kier molecular flexibility index (Phi) is 42.9. The van der Waals surface area contributed by atoms with Crippen LogP contribution in [0.2, 0.25) is 0 Å². The first kappa shape index (κ1) is 110. The molecule has 31 heteroatoms. The molecule has 19 nitrogen and oxygen atoms in total. The number of nitrogens with one attached hydrogen (secondary N) is 6. The average Bonchev–Trinajstić information content (AvgIpc) is 1.61. The highest BCUT2D eigenvalue weighted by Crippen LogP contribution is 2.37. The fraction of sp³-hybridized carbons (Fsp3) is 0.200. The predicted molar refractivity (Wildman–Crippen MR) is 526 cm³/mol. The summed E-state index contributed by atoms with van der Waals surface area (Å²) in [4.78, 5) is 78.2. The Morgan fingerprint density at radius 3 is 1.12 bits per heavy atom. The molecule has 0 unspecified atom stereocenters. The van der Waals surface area contributed by atoms with Gasteiger partial charge < -0.3 is 52.1 Å². The summed E-state index contributed by atoms with van der Waals surface area (Å²) in [6.45, 7) is 2.09. The number of carbonyl (C=O) groups is 4. The fourth-order valence-corrected chi connectivity index (χ4v) is 13.9. The number of alkyl halides is 9. The fourth-order valence-electron chi connectivity index (χ4n) is 13.2. The van der Waals surface area contributed by atoms with Crippen molar-refractivity contribution in [1.82, 2.24) is 50.5 Å². The lowest BCUT2D eigenvalue weighted by atomic mass is 9.80. The second kappa shape index (κ2) is 50.9. The molecule has 0 bridgehead atoms. The molecule has 1 saturated carbocycles. The van der Waals surface area contributed by atoms with Crippen LogP contribution in [-0.2, 0) is 24.9 Å². The van der Waals surface area contributed by atoms with Gasteiger partial charge in [-0.15, -0.1) is 0 Å². The smallest absolute Gasteiger partial charge is 0.423 e. The third-order valence-electron chi connectivity index (χ3n) is 19.7. The molecule has 0 spiro atoms. The zero-order valence-corrected chi connectivity index (χ0v) is 70.3. The van der Waals surface area contributed by atoms with Crippen LogP contribution in [0.1, 0.15) is 147 Å². The molecule has 0 aliphatic heterocycles. The largest absolute Gasteiger partial charge is 0.488 e. The minimum Gasteiger partial charge on any atom is -0.423 e. The van der Waals surface area contributed by atoms with Gasteiger partial charge in [0.1, 0.15) is 27.4 Å². The number of anilines is 2. The molecule has 0 radical (unpaired) electrons. The number of halogens is 11. The number of benzene rings is 8. The van der Waals surface area contributed by atoms with Crippen LogP contribution in [0, 0.1) is 10.5 Å². The number of carbonyl (C=O) groups excluding carboxylic acids is 4. The van der Waals surface area contributed by atoms with Crippen LogP contribution in [0.25, 0.3) is 77.4 Å². The first-order chi connectivity index (χ1) is 59.3. The maximum Gasteiger partial charge on any atom is 0.488 e. The Balaban J connectivity index is 0.000000340. The number of H-pyrrole nitrogens is 4.